The van der Waals surface area contributed by atoms with Crippen molar-refractivity contribution in [3.8, 4) is 0 Å². The number of nitro benzene ring substituents is 1. The number of nitro groups is 1. The molecule has 0 aliphatic heterocycles. The predicted octanol–water partition coefficient (Wildman–Crippen LogP) is 3.03. The minimum Gasteiger partial charge on any atom is -0.478 e. The van der Waals surface area contributed by atoms with Gasteiger partial charge in [0, 0.05) is 24.7 Å². The first-order valence-corrected chi connectivity index (χ1v) is 8.29. The number of carboxylic acids is 1. The molecule has 0 atom stereocenters. The Morgan fingerprint density at radius 2 is 1.62 bits per heavy atom. The van der Waals surface area contributed by atoms with E-state index >= 15 is 0 Å². The largest absolute Gasteiger partial charge is 0.478 e. The zero-order valence-electron chi connectivity index (χ0n) is 14.0. The monoisotopic (exact) mass is 354 g/mol. The van der Waals surface area contributed by atoms with Gasteiger partial charge in [-0.15, -0.1) is 0 Å². The second-order valence-corrected chi connectivity index (χ2v) is 6.36. The number of carbonyl (C=O) groups excluding carboxylic acids is 1. The van der Waals surface area contributed by atoms with Crippen LogP contribution < -0.4 is 0 Å². The molecule has 0 saturated heterocycles. The average Bonchev–Trinajstić information content (AvgIpc) is 3.45. The molecule has 1 N–H and O–H groups in total. The van der Waals surface area contributed by atoms with Crippen LogP contribution in [0.3, 0.4) is 0 Å². The molecule has 1 saturated carbocycles. The minimum atomic E-state index is -0.999. The van der Waals surface area contributed by atoms with Gasteiger partial charge in [0.25, 0.3) is 5.69 Å². The van der Waals surface area contributed by atoms with Crippen molar-refractivity contribution < 1.29 is 19.6 Å². The third-order valence-electron chi connectivity index (χ3n) is 4.36. The number of hydrogen-bond acceptors (Lipinski definition) is 4. The summed E-state index contributed by atoms with van der Waals surface area (Å²) in [5, 5.41) is 19.7. The summed E-state index contributed by atoms with van der Waals surface area (Å²) in [6.45, 7) is 0.411. The molecule has 1 fully saturated rings. The van der Waals surface area contributed by atoms with E-state index in [1.54, 1.807) is 29.2 Å². The molecule has 2 aromatic carbocycles. The van der Waals surface area contributed by atoms with Gasteiger partial charge >= 0.3 is 5.97 Å². The Labute approximate surface area is 150 Å². The Morgan fingerprint density at radius 1 is 1.04 bits per heavy atom. The minimum absolute atomic E-state index is 0.0246. The Bertz CT molecular complexity index is 826. The summed E-state index contributed by atoms with van der Waals surface area (Å²) in [7, 11) is 0. The van der Waals surface area contributed by atoms with Gasteiger partial charge in [-0.05, 0) is 36.1 Å². The molecule has 1 aliphatic carbocycles. The maximum absolute atomic E-state index is 12.7. The number of rotatable bonds is 7. The van der Waals surface area contributed by atoms with E-state index < -0.39 is 10.9 Å². The quantitative estimate of drug-likeness (QED) is 0.608. The van der Waals surface area contributed by atoms with Crippen molar-refractivity contribution in [2.45, 2.75) is 31.8 Å². The highest BCUT2D eigenvalue weighted by Gasteiger charge is 2.32. The van der Waals surface area contributed by atoms with E-state index in [-0.39, 0.29) is 29.6 Å². The van der Waals surface area contributed by atoms with Crippen LogP contribution in [0, 0.1) is 10.1 Å². The summed E-state index contributed by atoms with van der Waals surface area (Å²) in [6.07, 6.45) is 2.11. The van der Waals surface area contributed by atoms with Crippen LogP contribution in [0.2, 0.25) is 0 Å². The Kier molecular flexibility index (Phi) is 4.97. The van der Waals surface area contributed by atoms with E-state index in [1.165, 1.54) is 24.3 Å². The van der Waals surface area contributed by atoms with Gasteiger partial charge in [0.15, 0.2) is 0 Å². The number of non-ortho nitro benzene ring substituents is 1. The van der Waals surface area contributed by atoms with Crippen molar-refractivity contribution in [3.05, 3.63) is 75.3 Å². The fraction of sp³-hybridized carbons (Fsp3) is 0.263. The van der Waals surface area contributed by atoms with Gasteiger partial charge < -0.3 is 10.0 Å². The van der Waals surface area contributed by atoms with Gasteiger partial charge in [0.05, 0.1) is 16.9 Å². The zero-order valence-corrected chi connectivity index (χ0v) is 14.0. The average molecular weight is 354 g/mol. The van der Waals surface area contributed by atoms with E-state index in [9.17, 15) is 19.7 Å². The van der Waals surface area contributed by atoms with E-state index in [0.717, 1.165) is 24.0 Å². The number of hydrogen-bond donors (Lipinski definition) is 1. The van der Waals surface area contributed by atoms with E-state index in [2.05, 4.69) is 0 Å². The Morgan fingerprint density at radius 3 is 2.12 bits per heavy atom. The molecule has 7 heteroatoms. The molecule has 0 radical (unpaired) electrons. The predicted molar refractivity (Wildman–Crippen MR) is 93.8 cm³/mol. The topological polar surface area (TPSA) is 101 Å². The number of benzene rings is 2. The van der Waals surface area contributed by atoms with Crippen LogP contribution in [-0.2, 0) is 17.8 Å². The normalized spacial score (nSPS) is 13.2. The highest BCUT2D eigenvalue weighted by molar-refractivity contribution is 5.87. The van der Waals surface area contributed by atoms with Crippen LogP contribution in [0.25, 0.3) is 0 Å². The third-order valence-corrected chi connectivity index (χ3v) is 4.36. The highest BCUT2D eigenvalue weighted by atomic mass is 16.6. The lowest BCUT2D eigenvalue weighted by atomic mass is 10.1. The molecule has 1 aliphatic rings. The smallest absolute Gasteiger partial charge is 0.335 e. The van der Waals surface area contributed by atoms with Crippen LogP contribution in [0.4, 0.5) is 5.69 Å². The summed E-state index contributed by atoms with van der Waals surface area (Å²) < 4.78 is 0. The molecule has 0 heterocycles. The third kappa shape index (κ3) is 4.24. The van der Waals surface area contributed by atoms with Gasteiger partial charge in [0.2, 0.25) is 5.91 Å². The molecule has 7 nitrogen and oxygen atoms in total. The number of carbonyl (C=O) groups is 2. The van der Waals surface area contributed by atoms with Crippen molar-refractivity contribution in [1.82, 2.24) is 4.90 Å². The van der Waals surface area contributed by atoms with Gasteiger partial charge in [-0.2, -0.15) is 0 Å². The molecule has 26 heavy (non-hydrogen) atoms. The lowest BCUT2D eigenvalue weighted by Crippen LogP contribution is -2.33. The second kappa shape index (κ2) is 7.35. The van der Waals surface area contributed by atoms with Crippen molar-refractivity contribution in [2.75, 3.05) is 0 Å². The number of aromatic carboxylic acids is 1. The molecule has 0 bridgehead atoms. The standard InChI is InChI=1S/C19H18N2O5/c22-18(11-13-1-5-15(6-2-13)19(23)24)20(16-9-10-16)12-14-3-7-17(8-4-14)21(25)26/h1-8,16H,9-12H2,(H,23,24). The SMILES string of the molecule is O=C(O)c1ccc(CC(=O)N(Cc2ccc([N+](=O)[O-])cc2)C2CC2)cc1. The number of carboxylic acid groups (broad SMARTS) is 1. The molecular formula is C19H18N2O5. The van der Waals surface area contributed by atoms with Crippen molar-refractivity contribution in [1.29, 1.82) is 0 Å². The molecule has 0 unspecified atom stereocenters. The zero-order chi connectivity index (χ0) is 18.7. The molecule has 0 aromatic heterocycles. The molecule has 134 valence electrons. The van der Waals surface area contributed by atoms with Crippen LogP contribution in [-0.4, -0.2) is 32.8 Å². The van der Waals surface area contributed by atoms with E-state index in [1.807, 2.05) is 0 Å². The van der Waals surface area contributed by atoms with E-state index in [0.29, 0.717) is 6.54 Å². The lowest BCUT2D eigenvalue weighted by Gasteiger charge is -2.22. The molecule has 2 aromatic rings. The van der Waals surface area contributed by atoms with Gasteiger partial charge in [-0.1, -0.05) is 24.3 Å². The summed E-state index contributed by atoms with van der Waals surface area (Å²) >= 11 is 0. The number of nitrogens with zero attached hydrogens (tertiary/aromatic N) is 2. The second-order valence-electron chi connectivity index (χ2n) is 6.36. The number of amides is 1. The van der Waals surface area contributed by atoms with Crippen molar-refractivity contribution in [2.24, 2.45) is 0 Å². The van der Waals surface area contributed by atoms with Crippen LogP contribution in [0.5, 0.6) is 0 Å². The van der Waals surface area contributed by atoms with E-state index in [4.69, 9.17) is 5.11 Å². The highest BCUT2D eigenvalue weighted by Crippen LogP contribution is 2.29. The summed E-state index contributed by atoms with van der Waals surface area (Å²) in [6, 6.07) is 12.7. The van der Waals surface area contributed by atoms with Crippen LogP contribution in [0.1, 0.15) is 34.3 Å². The first-order chi connectivity index (χ1) is 12.4. The first-order valence-electron chi connectivity index (χ1n) is 8.29. The van der Waals surface area contributed by atoms with Crippen molar-refractivity contribution >= 4 is 17.6 Å². The fourth-order valence-corrected chi connectivity index (χ4v) is 2.77. The van der Waals surface area contributed by atoms with Gasteiger partial charge in [0.1, 0.15) is 0 Å². The first kappa shape index (κ1) is 17.6. The Balaban J connectivity index is 1.68. The summed E-state index contributed by atoms with van der Waals surface area (Å²) in [4.78, 5) is 35.7. The fourth-order valence-electron chi connectivity index (χ4n) is 2.77. The molecule has 3 rings (SSSR count). The molecule has 0 spiro atoms. The van der Waals surface area contributed by atoms with Crippen LogP contribution in [0.15, 0.2) is 48.5 Å². The Hall–Kier alpha value is -3.22. The summed E-state index contributed by atoms with van der Waals surface area (Å²) in [5.74, 6) is -1.03. The maximum atomic E-state index is 12.7. The maximum Gasteiger partial charge on any atom is 0.335 e. The van der Waals surface area contributed by atoms with Crippen molar-refractivity contribution in [3.63, 3.8) is 0 Å². The molecular weight excluding hydrogens is 336 g/mol. The van der Waals surface area contributed by atoms with Gasteiger partial charge in [-0.25, -0.2) is 4.79 Å². The summed E-state index contributed by atoms with van der Waals surface area (Å²) in [5.41, 5.74) is 1.81. The van der Waals surface area contributed by atoms with Crippen LogP contribution >= 0.6 is 0 Å². The van der Waals surface area contributed by atoms with Gasteiger partial charge in [-0.3, -0.25) is 14.9 Å². The molecule has 1 amide bonds. The lowest BCUT2D eigenvalue weighted by molar-refractivity contribution is -0.384.